The molecule has 0 saturated carbocycles. The van der Waals surface area contributed by atoms with Crippen LogP contribution in [0.15, 0.2) is 35.3 Å². The molecule has 24 nitrogen and oxygen atoms in total. The van der Waals surface area contributed by atoms with Gasteiger partial charge in [0.15, 0.2) is 5.96 Å². The minimum Gasteiger partial charge on any atom is -0.481 e. The van der Waals surface area contributed by atoms with Crippen LogP contribution in [0, 0.1) is 0 Å². The van der Waals surface area contributed by atoms with Gasteiger partial charge in [-0.15, -0.1) is 0 Å². The number of aliphatic imine (C=N–C) groups is 1. The number of carboxylic acid groups (broad SMARTS) is 1. The number of nitrogens with zero attached hydrogens (tertiary/aromatic N) is 2. The fraction of sp³-hybridized carbons (Fsp3) is 0.486. The van der Waals surface area contributed by atoms with Gasteiger partial charge in [0.25, 0.3) is 0 Å². The third-order valence-corrected chi connectivity index (χ3v) is 9.70. The number of fused-ring (bicyclic) bond motifs is 2. The molecule has 0 bridgehead atoms. The minimum absolute atomic E-state index is 0.0478. The number of nitrogens with one attached hydrogen (secondary N) is 8. The average Bonchev–Trinajstić information content (AvgIpc) is 3.87. The summed E-state index contributed by atoms with van der Waals surface area (Å²) in [7, 11) is 0. The lowest BCUT2D eigenvalue weighted by molar-refractivity contribution is -0.143. The highest BCUT2D eigenvalue weighted by atomic mass is 16.4. The summed E-state index contributed by atoms with van der Waals surface area (Å²) in [5.74, 6) is -9.52. The fourth-order valence-corrected chi connectivity index (χ4v) is 6.73. The lowest BCUT2D eigenvalue weighted by Gasteiger charge is -2.30. The van der Waals surface area contributed by atoms with E-state index in [9.17, 15) is 53.1 Å². The Kier molecular flexibility index (Phi) is 16.9. The van der Waals surface area contributed by atoms with Gasteiger partial charge in [-0.1, -0.05) is 18.2 Å². The molecule has 24 heteroatoms. The van der Waals surface area contributed by atoms with E-state index in [0.717, 1.165) is 5.39 Å². The topological polar surface area (TPSA) is 385 Å². The molecule has 9 amide bonds. The predicted octanol–water partition coefficient (Wildman–Crippen LogP) is -5.20. The van der Waals surface area contributed by atoms with Crippen LogP contribution < -0.4 is 54.4 Å². The second kappa shape index (κ2) is 22.2. The van der Waals surface area contributed by atoms with Gasteiger partial charge in [0.1, 0.15) is 30.2 Å². The molecule has 0 radical (unpaired) electrons. The quantitative estimate of drug-likeness (QED) is 0.0572. The molecule has 0 unspecified atom stereocenters. The van der Waals surface area contributed by atoms with Gasteiger partial charge in [-0.2, -0.15) is 0 Å². The van der Waals surface area contributed by atoms with Crippen LogP contribution in [-0.2, 0) is 54.4 Å². The number of rotatable bonds is 11. The van der Waals surface area contributed by atoms with Crippen molar-refractivity contribution in [3.63, 3.8) is 0 Å². The molecule has 0 aliphatic carbocycles. The molecular weight excluding hydrogens is 802 g/mol. The highest BCUT2D eigenvalue weighted by Crippen LogP contribution is 2.22. The third kappa shape index (κ3) is 14.5. The second-order valence-electron chi connectivity index (χ2n) is 14.4. The summed E-state index contributed by atoms with van der Waals surface area (Å²) in [6, 6.07) is 1.88. The third-order valence-electron chi connectivity index (χ3n) is 9.70. The number of aliphatic carboxylic acids is 1. The lowest BCUT2D eigenvalue weighted by atomic mass is 10.1. The number of aromatic nitrogens is 1. The van der Waals surface area contributed by atoms with Crippen molar-refractivity contribution >= 4 is 76.0 Å². The number of benzene rings is 1. The SMILES string of the molecule is NC(=O)CC[C@@H]1NC(=O)[C@@H]2CCCN2C(=O)[C@H](Cc2cc3ccccc3[nH]2)NC(=O)[C@@H](CC(=O)O)NC(=O)CNC(=O)[C@H](CCCN=C(N)N)NC(=O)CNC(=O)CNC1=O. The summed E-state index contributed by atoms with van der Waals surface area (Å²) in [6.07, 6.45) is -1.13. The molecule has 3 heterocycles. The van der Waals surface area contributed by atoms with Gasteiger partial charge in [-0.25, -0.2) is 0 Å². The van der Waals surface area contributed by atoms with Crippen molar-refractivity contribution in [1.29, 1.82) is 0 Å². The largest absolute Gasteiger partial charge is 0.481 e. The molecule has 2 aliphatic heterocycles. The average molecular weight is 854 g/mol. The number of nitrogens with two attached hydrogens (primary N) is 3. The standard InChI is InChI=1S/C37H51N13O11/c38-27(51)10-9-23-33(58)43-16-28(52)42-17-29(53)46-22(7-3-11-41-37(39)40)32(57)44-18-30(54)47-24(15-31(55)56)34(59)49-25(14-20-13-19-5-1-2-6-21(19)45-20)36(61)50-12-4-8-26(50)35(60)48-23/h1-2,5-6,13,22-26,45H,3-4,7-12,14-18H2,(H2,38,51)(H,42,52)(H,43,58)(H,44,57)(H,46,53)(H,47,54)(H,48,60)(H,49,59)(H,55,56)(H4,39,40,41)/t22-,23-,24+,25-,26-/m0/s1. The van der Waals surface area contributed by atoms with Gasteiger partial charge in [-0.3, -0.25) is 52.9 Å². The van der Waals surface area contributed by atoms with Crippen molar-refractivity contribution in [2.24, 2.45) is 22.2 Å². The maximum absolute atomic E-state index is 14.4. The van der Waals surface area contributed by atoms with Crippen LogP contribution in [0.1, 0.15) is 50.6 Å². The smallest absolute Gasteiger partial charge is 0.305 e. The molecule has 1 aromatic carbocycles. The predicted molar refractivity (Wildman–Crippen MR) is 214 cm³/mol. The fourth-order valence-electron chi connectivity index (χ4n) is 6.73. The molecular formula is C37H51N13O11. The number of amides is 9. The van der Waals surface area contributed by atoms with Gasteiger partial charge >= 0.3 is 5.97 Å². The molecule has 0 spiro atoms. The Labute approximate surface area is 348 Å². The zero-order valence-electron chi connectivity index (χ0n) is 33.1. The van der Waals surface area contributed by atoms with E-state index in [0.29, 0.717) is 17.6 Å². The first-order valence-electron chi connectivity index (χ1n) is 19.4. The molecule has 2 aromatic rings. The van der Waals surface area contributed by atoms with Crippen LogP contribution in [0.25, 0.3) is 10.9 Å². The number of primary amides is 1. The molecule has 330 valence electrons. The van der Waals surface area contributed by atoms with Crippen molar-refractivity contribution in [2.75, 3.05) is 32.7 Å². The van der Waals surface area contributed by atoms with E-state index in [1.54, 1.807) is 24.3 Å². The molecule has 2 fully saturated rings. The summed E-state index contributed by atoms with van der Waals surface area (Å²) in [6.45, 7) is -1.99. The molecule has 4 rings (SSSR count). The number of H-pyrrole nitrogens is 1. The Bertz CT molecular complexity index is 2000. The number of para-hydroxylation sites is 1. The number of carbonyl (C=O) groups is 10. The highest BCUT2D eigenvalue weighted by Gasteiger charge is 2.40. The summed E-state index contributed by atoms with van der Waals surface area (Å²) in [5, 5.41) is 27.2. The lowest BCUT2D eigenvalue weighted by Crippen LogP contribution is -2.59. The van der Waals surface area contributed by atoms with E-state index < -0.39 is 115 Å². The summed E-state index contributed by atoms with van der Waals surface area (Å²) < 4.78 is 0. The van der Waals surface area contributed by atoms with Crippen molar-refractivity contribution in [2.45, 2.75) is 81.6 Å². The zero-order chi connectivity index (χ0) is 44.6. The van der Waals surface area contributed by atoms with Gasteiger partial charge in [-0.05, 0) is 49.6 Å². The number of aromatic amines is 1. The maximum atomic E-state index is 14.4. The van der Waals surface area contributed by atoms with E-state index >= 15 is 0 Å². The summed E-state index contributed by atoms with van der Waals surface area (Å²) >= 11 is 0. The van der Waals surface area contributed by atoms with E-state index in [1.165, 1.54) is 4.90 Å². The maximum Gasteiger partial charge on any atom is 0.305 e. The van der Waals surface area contributed by atoms with Crippen LogP contribution in [0.5, 0.6) is 0 Å². The number of carboxylic acids is 1. The first kappa shape index (κ1) is 46.4. The highest BCUT2D eigenvalue weighted by molar-refractivity contribution is 5.98. The van der Waals surface area contributed by atoms with Crippen LogP contribution in [0.4, 0.5) is 0 Å². The van der Waals surface area contributed by atoms with Gasteiger partial charge in [0.2, 0.25) is 53.2 Å². The molecule has 61 heavy (non-hydrogen) atoms. The molecule has 2 saturated heterocycles. The number of guanidine groups is 1. The van der Waals surface area contributed by atoms with Crippen molar-refractivity contribution in [3.05, 3.63) is 36.0 Å². The van der Waals surface area contributed by atoms with E-state index in [1.807, 2.05) is 6.07 Å². The molecule has 1 aromatic heterocycles. The Morgan fingerprint density at radius 1 is 0.738 bits per heavy atom. The normalized spacial score (nSPS) is 22.9. The Morgan fingerprint density at radius 2 is 1.36 bits per heavy atom. The van der Waals surface area contributed by atoms with E-state index in [2.05, 4.69) is 47.2 Å². The van der Waals surface area contributed by atoms with Gasteiger partial charge < -0.3 is 69.4 Å². The Hall–Kier alpha value is -7.27. The Morgan fingerprint density at radius 3 is 2.02 bits per heavy atom. The second-order valence-corrected chi connectivity index (χ2v) is 14.4. The number of hydrogen-bond acceptors (Lipinski definition) is 11. The Balaban J connectivity index is 1.66. The summed E-state index contributed by atoms with van der Waals surface area (Å²) in [5.41, 5.74) is 17.2. The number of hydrogen-bond donors (Lipinski definition) is 12. The van der Waals surface area contributed by atoms with E-state index in [-0.39, 0.29) is 57.6 Å². The monoisotopic (exact) mass is 853 g/mol. The first-order valence-corrected chi connectivity index (χ1v) is 19.4. The van der Waals surface area contributed by atoms with Gasteiger partial charge in [0.05, 0.1) is 26.1 Å². The molecule has 5 atom stereocenters. The molecule has 15 N–H and O–H groups in total. The summed E-state index contributed by atoms with van der Waals surface area (Å²) in [4.78, 5) is 139. The van der Waals surface area contributed by atoms with Crippen LogP contribution in [0.3, 0.4) is 0 Å². The van der Waals surface area contributed by atoms with Gasteiger partial charge in [0, 0.05) is 37.1 Å². The first-order chi connectivity index (χ1) is 29.0. The van der Waals surface area contributed by atoms with E-state index in [4.69, 9.17) is 17.2 Å². The van der Waals surface area contributed by atoms with Crippen molar-refractivity contribution in [1.82, 2.24) is 47.1 Å². The molecule has 2 aliphatic rings. The van der Waals surface area contributed by atoms with Crippen molar-refractivity contribution in [3.8, 4) is 0 Å². The van der Waals surface area contributed by atoms with Crippen LogP contribution in [0.2, 0.25) is 0 Å². The minimum atomic E-state index is -1.76. The van der Waals surface area contributed by atoms with Crippen molar-refractivity contribution < 1.29 is 53.1 Å². The van der Waals surface area contributed by atoms with Crippen LogP contribution in [-0.4, -0.2) is 143 Å². The van der Waals surface area contributed by atoms with Crippen LogP contribution >= 0.6 is 0 Å². The number of carbonyl (C=O) groups excluding carboxylic acids is 9. The zero-order valence-corrected chi connectivity index (χ0v) is 33.1.